The van der Waals surface area contributed by atoms with Crippen LogP contribution in [0.5, 0.6) is 0 Å². The van der Waals surface area contributed by atoms with Crippen molar-refractivity contribution in [3.63, 3.8) is 0 Å². The predicted molar refractivity (Wildman–Crippen MR) is 80.3 cm³/mol. The summed E-state index contributed by atoms with van der Waals surface area (Å²) < 4.78 is 5.23. The Morgan fingerprint density at radius 1 is 1.35 bits per heavy atom. The van der Waals surface area contributed by atoms with Gasteiger partial charge in [-0.25, -0.2) is 4.79 Å². The number of fused-ring (bicyclic) bond motifs is 1. The summed E-state index contributed by atoms with van der Waals surface area (Å²) in [4.78, 5) is 13.7. The number of hydrogen-bond acceptors (Lipinski definition) is 4. The van der Waals surface area contributed by atoms with Crippen LogP contribution in [0.25, 0.3) is 11.0 Å². The first-order valence-corrected chi connectivity index (χ1v) is 6.99. The van der Waals surface area contributed by atoms with Crippen molar-refractivity contribution in [1.82, 2.24) is 4.90 Å². The highest BCUT2D eigenvalue weighted by Gasteiger charge is 2.11. The van der Waals surface area contributed by atoms with E-state index < -0.39 is 0 Å². The molecule has 1 aromatic heterocycles. The first kappa shape index (κ1) is 15.0. The molecule has 0 saturated carbocycles. The molecule has 0 atom stereocenters. The van der Waals surface area contributed by atoms with Gasteiger partial charge in [0.1, 0.15) is 5.58 Å². The van der Waals surface area contributed by atoms with Crippen LogP contribution in [-0.4, -0.2) is 29.7 Å². The number of rotatable bonds is 5. The molecule has 20 heavy (non-hydrogen) atoms. The van der Waals surface area contributed by atoms with E-state index in [1.807, 2.05) is 19.9 Å². The minimum absolute atomic E-state index is 0.0904. The fourth-order valence-corrected chi connectivity index (χ4v) is 2.37. The van der Waals surface area contributed by atoms with E-state index in [0.29, 0.717) is 23.7 Å². The molecule has 0 amide bonds. The highest BCUT2D eigenvalue weighted by molar-refractivity contribution is 6.32. The maximum Gasteiger partial charge on any atom is 0.336 e. The monoisotopic (exact) mass is 295 g/mol. The third-order valence-corrected chi connectivity index (χ3v) is 3.77. The molecule has 1 N–H and O–H groups in total. The molecular formula is C15H18ClNO3. The van der Waals surface area contributed by atoms with Gasteiger partial charge in [0, 0.05) is 29.6 Å². The lowest BCUT2D eigenvalue weighted by Gasteiger charge is -2.19. The Morgan fingerprint density at radius 3 is 2.75 bits per heavy atom. The third kappa shape index (κ3) is 3.20. The number of aliphatic hydroxyl groups excluding tert-OH is 1. The molecule has 4 nitrogen and oxygen atoms in total. The van der Waals surface area contributed by atoms with Crippen LogP contribution in [0, 0.1) is 6.92 Å². The average Bonchev–Trinajstić information content (AvgIpc) is 2.40. The number of nitrogens with zero attached hydrogens (tertiary/aromatic N) is 1. The molecular weight excluding hydrogens is 278 g/mol. The predicted octanol–water partition coefficient (Wildman–Crippen LogP) is 2.57. The van der Waals surface area contributed by atoms with Crippen molar-refractivity contribution < 1.29 is 9.52 Å². The number of aryl methyl sites for hydroxylation is 1. The summed E-state index contributed by atoms with van der Waals surface area (Å²) in [6.45, 7) is 5.92. The van der Waals surface area contributed by atoms with E-state index in [-0.39, 0.29) is 12.2 Å². The average molecular weight is 296 g/mol. The van der Waals surface area contributed by atoms with Crippen molar-refractivity contribution >= 4 is 22.6 Å². The smallest absolute Gasteiger partial charge is 0.336 e. The van der Waals surface area contributed by atoms with Gasteiger partial charge in [-0.15, -0.1) is 0 Å². The van der Waals surface area contributed by atoms with Gasteiger partial charge in [0.2, 0.25) is 0 Å². The van der Waals surface area contributed by atoms with E-state index in [4.69, 9.17) is 21.1 Å². The number of hydrogen-bond donors (Lipinski definition) is 1. The van der Waals surface area contributed by atoms with E-state index in [0.717, 1.165) is 23.1 Å². The molecule has 0 bridgehead atoms. The molecule has 0 fully saturated rings. The Morgan fingerprint density at radius 2 is 2.10 bits per heavy atom. The van der Waals surface area contributed by atoms with Crippen molar-refractivity contribution in [1.29, 1.82) is 0 Å². The molecule has 1 aromatic carbocycles. The van der Waals surface area contributed by atoms with E-state index in [1.54, 1.807) is 6.07 Å². The fourth-order valence-electron chi connectivity index (χ4n) is 2.21. The standard InChI is InChI=1S/C15H18ClNO3/c1-3-17(4-5-18)9-11-7-15(19)20-14-6-10(2)13(16)8-12(11)14/h6-8,18H,3-5,9H2,1-2H3. The van der Waals surface area contributed by atoms with Crippen molar-refractivity contribution in [3.8, 4) is 0 Å². The Kier molecular flexibility index (Phi) is 4.81. The first-order valence-electron chi connectivity index (χ1n) is 6.61. The van der Waals surface area contributed by atoms with Crippen LogP contribution in [0.4, 0.5) is 0 Å². The Bertz CT molecular complexity index is 666. The Hall–Kier alpha value is -1.36. The zero-order valence-electron chi connectivity index (χ0n) is 11.6. The zero-order valence-corrected chi connectivity index (χ0v) is 12.4. The Labute approximate surface area is 122 Å². The molecule has 0 radical (unpaired) electrons. The van der Waals surface area contributed by atoms with E-state index in [1.165, 1.54) is 6.07 Å². The lowest BCUT2D eigenvalue weighted by atomic mass is 10.1. The molecule has 0 aliphatic rings. The van der Waals surface area contributed by atoms with Gasteiger partial charge in [-0.3, -0.25) is 4.90 Å². The van der Waals surface area contributed by atoms with Gasteiger partial charge in [0.25, 0.3) is 0 Å². The normalized spacial score (nSPS) is 11.4. The highest BCUT2D eigenvalue weighted by Crippen LogP contribution is 2.25. The van der Waals surface area contributed by atoms with Crippen molar-refractivity contribution in [2.45, 2.75) is 20.4 Å². The molecule has 2 rings (SSSR count). The second-order valence-electron chi connectivity index (χ2n) is 4.78. The number of benzene rings is 1. The largest absolute Gasteiger partial charge is 0.423 e. The molecule has 5 heteroatoms. The second kappa shape index (κ2) is 6.39. The number of aliphatic hydroxyl groups is 1. The van der Waals surface area contributed by atoms with Crippen molar-refractivity contribution in [2.75, 3.05) is 19.7 Å². The van der Waals surface area contributed by atoms with Gasteiger partial charge in [0.05, 0.1) is 6.61 Å². The van der Waals surface area contributed by atoms with Gasteiger partial charge in [-0.05, 0) is 36.7 Å². The summed E-state index contributed by atoms with van der Waals surface area (Å²) in [6.07, 6.45) is 0. The van der Waals surface area contributed by atoms with Crippen LogP contribution in [0.1, 0.15) is 18.1 Å². The van der Waals surface area contributed by atoms with Gasteiger partial charge >= 0.3 is 5.63 Å². The van der Waals surface area contributed by atoms with Gasteiger partial charge in [0.15, 0.2) is 0 Å². The molecule has 0 aliphatic carbocycles. The van der Waals surface area contributed by atoms with Crippen LogP contribution in [0.15, 0.2) is 27.4 Å². The van der Waals surface area contributed by atoms with Crippen LogP contribution in [-0.2, 0) is 6.54 Å². The van der Waals surface area contributed by atoms with Crippen LogP contribution >= 0.6 is 11.6 Å². The minimum atomic E-state index is -0.366. The number of likely N-dealkylation sites (N-methyl/N-ethyl adjacent to an activating group) is 1. The summed E-state index contributed by atoms with van der Waals surface area (Å²) in [5.41, 5.74) is 1.93. The lowest BCUT2D eigenvalue weighted by Crippen LogP contribution is -2.26. The second-order valence-corrected chi connectivity index (χ2v) is 5.19. The first-order chi connectivity index (χ1) is 9.55. The SMILES string of the molecule is CCN(CCO)Cc1cc(=O)oc2cc(C)c(Cl)cc12. The third-order valence-electron chi connectivity index (χ3n) is 3.37. The van der Waals surface area contributed by atoms with Crippen molar-refractivity contribution in [3.05, 3.63) is 44.8 Å². The maximum absolute atomic E-state index is 11.7. The summed E-state index contributed by atoms with van der Waals surface area (Å²) >= 11 is 6.16. The Balaban J connectivity index is 2.51. The summed E-state index contributed by atoms with van der Waals surface area (Å²) in [7, 11) is 0. The van der Waals surface area contributed by atoms with Crippen molar-refractivity contribution in [2.24, 2.45) is 0 Å². The minimum Gasteiger partial charge on any atom is -0.423 e. The van der Waals surface area contributed by atoms with E-state index >= 15 is 0 Å². The van der Waals surface area contributed by atoms with Crippen LogP contribution in [0.2, 0.25) is 5.02 Å². The highest BCUT2D eigenvalue weighted by atomic mass is 35.5. The molecule has 0 saturated heterocycles. The summed E-state index contributed by atoms with van der Waals surface area (Å²) in [5, 5.41) is 10.5. The number of halogens is 1. The molecule has 1 heterocycles. The zero-order chi connectivity index (χ0) is 14.7. The van der Waals surface area contributed by atoms with Gasteiger partial charge in [-0.2, -0.15) is 0 Å². The summed E-state index contributed by atoms with van der Waals surface area (Å²) in [6, 6.07) is 5.11. The molecule has 0 unspecified atom stereocenters. The quantitative estimate of drug-likeness (QED) is 0.862. The molecule has 0 aliphatic heterocycles. The molecule has 108 valence electrons. The summed E-state index contributed by atoms with van der Waals surface area (Å²) in [5.74, 6) is 0. The molecule has 2 aromatic rings. The van der Waals surface area contributed by atoms with Crippen LogP contribution < -0.4 is 5.63 Å². The molecule has 0 spiro atoms. The van der Waals surface area contributed by atoms with E-state index in [2.05, 4.69) is 4.90 Å². The fraction of sp³-hybridized carbons (Fsp3) is 0.400. The topological polar surface area (TPSA) is 53.7 Å². The van der Waals surface area contributed by atoms with E-state index in [9.17, 15) is 4.79 Å². The van der Waals surface area contributed by atoms with Gasteiger partial charge in [-0.1, -0.05) is 18.5 Å². The lowest BCUT2D eigenvalue weighted by molar-refractivity contribution is 0.197. The van der Waals surface area contributed by atoms with Crippen LogP contribution in [0.3, 0.4) is 0 Å². The van der Waals surface area contributed by atoms with Gasteiger partial charge < -0.3 is 9.52 Å². The maximum atomic E-state index is 11.7.